The number of carbonyl (C=O) groups excluding carboxylic acids is 1. The first kappa shape index (κ1) is 7.90. The zero-order valence-corrected chi connectivity index (χ0v) is 5.64. The summed E-state index contributed by atoms with van der Waals surface area (Å²) in [5.74, 6) is 0.0326. The normalized spacial score (nSPS) is 10.6. The molecule has 48 valence electrons. The third kappa shape index (κ3) is 3.48. The quantitative estimate of drug-likeness (QED) is 0.521. The first-order valence-electron chi connectivity index (χ1n) is 2.73. The fourth-order valence-electron chi connectivity index (χ4n) is 0.342. The lowest BCUT2D eigenvalue weighted by Gasteiger charge is -1.87. The number of nitrogens with zero attached hydrogens (tertiary/aromatic N) is 1. The molecule has 0 aromatic heterocycles. The van der Waals surface area contributed by atoms with Crippen LogP contribution in [0.4, 0.5) is 0 Å². The molecule has 0 heterocycles. The standard InChI is InChI=1S/C7H9NO/c1-6(7(2)9)4-3-5-8/h4H,3H2,1-2H3/b6-4+. The lowest BCUT2D eigenvalue weighted by molar-refractivity contribution is -0.113. The van der Waals surface area contributed by atoms with Crippen LogP contribution in [0.15, 0.2) is 11.6 Å². The van der Waals surface area contributed by atoms with Gasteiger partial charge in [-0.3, -0.25) is 4.79 Å². The Bertz CT molecular complexity index is 174. The van der Waals surface area contributed by atoms with E-state index in [2.05, 4.69) is 0 Å². The van der Waals surface area contributed by atoms with Crippen LogP contribution >= 0.6 is 0 Å². The predicted molar refractivity (Wildman–Crippen MR) is 34.7 cm³/mol. The highest BCUT2D eigenvalue weighted by Gasteiger charge is 1.92. The van der Waals surface area contributed by atoms with Gasteiger partial charge in [0.1, 0.15) is 0 Å². The van der Waals surface area contributed by atoms with Crippen molar-refractivity contribution in [3.63, 3.8) is 0 Å². The van der Waals surface area contributed by atoms with Crippen LogP contribution in [0.1, 0.15) is 20.3 Å². The minimum Gasteiger partial charge on any atom is -0.295 e. The van der Waals surface area contributed by atoms with E-state index in [0.717, 1.165) is 0 Å². The summed E-state index contributed by atoms with van der Waals surface area (Å²) in [5.41, 5.74) is 0.663. The van der Waals surface area contributed by atoms with Gasteiger partial charge in [-0.25, -0.2) is 0 Å². The van der Waals surface area contributed by atoms with Gasteiger partial charge in [0.15, 0.2) is 5.78 Å². The van der Waals surface area contributed by atoms with Gasteiger partial charge in [0.05, 0.1) is 12.5 Å². The van der Waals surface area contributed by atoms with Crippen LogP contribution in [0.5, 0.6) is 0 Å². The van der Waals surface area contributed by atoms with E-state index in [1.54, 1.807) is 13.0 Å². The Kier molecular flexibility index (Phi) is 3.38. The van der Waals surface area contributed by atoms with Crippen LogP contribution < -0.4 is 0 Å². The minimum atomic E-state index is 0.0326. The van der Waals surface area contributed by atoms with Crippen LogP contribution in [0.3, 0.4) is 0 Å². The number of carbonyl (C=O) groups is 1. The molecule has 0 N–H and O–H groups in total. The average molecular weight is 123 g/mol. The van der Waals surface area contributed by atoms with Gasteiger partial charge in [0, 0.05) is 0 Å². The van der Waals surface area contributed by atoms with Gasteiger partial charge in [-0.15, -0.1) is 0 Å². The van der Waals surface area contributed by atoms with Crippen LogP contribution in [-0.2, 0) is 4.79 Å². The first-order chi connectivity index (χ1) is 4.18. The maximum absolute atomic E-state index is 10.5. The number of ketones is 1. The van der Waals surface area contributed by atoms with Crippen molar-refractivity contribution in [2.24, 2.45) is 0 Å². The molecule has 0 saturated carbocycles. The van der Waals surface area contributed by atoms with Crippen LogP contribution in [0.2, 0.25) is 0 Å². The molecule has 0 aliphatic carbocycles. The van der Waals surface area contributed by atoms with Crippen LogP contribution in [0.25, 0.3) is 0 Å². The maximum atomic E-state index is 10.5. The second-order valence-corrected chi connectivity index (χ2v) is 1.81. The number of rotatable bonds is 2. The highest BCUT2D eigenvalue weighted by atomic mass is 16.1. The summed E-state index contributed by atoms with van der Waals surface area (Å²) >= 11 is 0. The average Bonchev–Trinajstić information content (AvgIpc) is 1.82. The molecule has 0 fully saturated rings. The molecular formula is C7H9NO. The Balaban J connectivity index is 3.88. The Labute approximate surface area is 54.8 Å². The van der Waals surface area contributed by atoms with Crippen LogP contribution in [-0.4, -0.2) is 5.78 Å². The molecule has 2 heteroatoms. The lowest BCUT2D eigenvalue weighted by atomic mass is 10.2. The second kappa shape index (κ2) is 3.85. The number of nitriles is 1. The van der Waals surface area contributed by atoms with Gasteiger partial charge < -0.3 is 0 Å². The summed E-state index contributed by atoms with van der Waals surface area (Å²) in [6.07, 6.45) is 1.95. The third-order valence-electron chi connectivity index (χ3n) is 1.05. The number of hydrogen-bond acceptors (Lipinski definition) is 2. The molecule has 0 rings (SSSR count). The molecule has 0 bridgehead atoms. The van der Waals surface area contributed by atoms with Crippen molar-refractivity contribution in [2.75, 3.05) is 0 Å². The van der Waals surface area contributed by atoms with E-state index in [4.69, 9.17) is 5.26 Å². The molecule has 2 nitrogen and oxygen atoms in total. The molecule has 0 spiro atoms. The van der Waals surface area contributed by atoms with E-state index in [1.807, 2.05) is 6.07 Å². The molecule has 0 unspecified atom stereocenters. The first-order valence-corrected chi connectivity index (χ1v) is 2.73. The molecule has 0 aliphatic heterocycles. The van der Waals surface area contributed by atoms with Gasteiger partial charge in [-0.1, -0.05) is 6.08 Å². The smallest absolute Gasteiger partial charge is 0.155 e. The summed E-state index contributed by atoms with van der Waals surface area (Å²) in [5, 5.41) is 8.09. The van der Waals surface area contributed by atoms with Gasteiger partial charge in [0.2, 0.25) is 0 Å². The van der Waals surface area contributed by atoms with Crippen molar-refractivity contribution in [1.82, 2.24) is 0 Å². The van der Waals surface area contributed by atoms with E-state index in [1.165, 1.54) is 6.92 Å². The number of Topliss-reactive ketones (excluding diaryl/α,β-unsaturated/α-hetero) is 1. The van der Waals surface area contributed by atoms with E-state index in [-0.39, 0.29) is 5.78 Å². The topological polar surface area (TPSA) is 40.9 Å². The predicted octanol–water partition coefficient (Wildman–Crippen LogP) is 1.44. The minimum absolute atomic E-state index is 0.0326. The Morgan fingerprint density at radius 2 is 2.22 bits per heavy atom. The summed E-state index contributed by atoms with van der Waals surface area (Å²) in [7, 11) is 0. The zero-order valence-electron chi connectivity index (χ0n) is 5.64. The molecule has 0 saturated heterocycles. The SMILES string of the molecule is CC(=O)/C(C)=C/CC#N. The Morgan fingerprint density at radius 3 is 2.56 bits per heavy atom. The number of hydrogen-bond donors (Lipinski definition) is 0. The summed E-state index contributed by atoms with van der Waals surface area (Å²) < 4.78 is 0. The van der Waals surface area contributed by atoms with Crippen molar-refractivity contribution in [2.45, 2.75) is 20.3 Å². The highest BCUT2D eigenvalue weighted by Crippen LogP contribution is 1.94. The molecule has 0 atom stereocenters. The van der Waals surface area contributed by atoms with Crippen LogP contribution in [0, 0.1) is 11.3 Å². The molecule has 0 aliphatic rings. The van der Waals surface area contributed by atoms with Gasteiger partial charge in [0.25, 0.3) is 0 Å². The van der Waals surface area contributed by atoms with Crippen molar-refractivity contribution < 1.29 is 4.79 Å². The zero-order chi connectivity index (χ0) is 7.28. The number of allylic oxidation sites excluding steroid dienone is 2. The molecule has 0 amide bonds. The van der Waals surface area contributed by atoms with E-state index in [0.29, 0.717) is 12.0 Å². The fraction of sp³-hybridized carbons (Fsp3) is 0.429. The second-order valence-electron chi connectivity index (χ2n) is 1.81. The van der Waals surface area contributed by atoms with Gasteiger partial charge in [-0.05, 0) is 19.4 Å². The molecule has 0 aromatic carbocycles. The molecular weight excluding hydrogens is 114 g/mol. The Hall–Kier alpha value is -1.10. The summed E-state index contributed by atoms with van der Waals surface area (Å²) in [6.45, 7) is 3.20. The van der Waals surface area contributed by atoms with E-state index in [9.17, 15) is 4.79 Å². The molecule has 9 heavy (non-hydrogen) atoms. The van der Waals surface area contributed by atoms with Crippen molar-refractivity contribution >= 4 is 5.78 Å². The van der Waals surface area contributed by atoms with Crippen molar-refractivity contribution in [3.05, 3.63) is 11.6 Å². The largest absolute Gasteiger partial charge is 0.295 e. The summed E-state index contributed by atoms with van der Waals surface area (Å²) in [4.78, 5) is 10.5. The van der Waals surface area contributed by atoms with Crippen molar-refractivity contribution in [1.29, 1.82) is 5.26 Å². The summed E-state index contributed by atoms with van der Waals surface area (Å²) in [6, 6.07) is 1.92. The highest BCUT2D eigenvalue weighted by molar-refractivity contribution is 5.92. The monoisotopic (exact) mass is 123 g/mol. The lowest BCUT2D eigenvalue weighted by Crippen LogP contribution is -1.89. The van der Waals surface area contributed by atoms with E-state index < -0.39 is 0 Å². The maximum Gasteiger partial charge on any atom is 0.155 e. The van der Waals surface area contributed by atoms with Crippen molar-refractivity contribution in [3.8, 4) is 6.07 Å². The van der Waals surface area contributed by atoms with Gasteiger partial charge >= 0.3 is 0 Å². The Morgan fingerprint density at radius 1 is 1.67 bits per heavy atom. The van der Waals surface area contributed by atoms with Gasteiger partial charge in [-0.2, -0.15) is 5.26 Å². The third-order valence-corrected chi connectivity index (χ3v) is 1.05. The fourth-order valence-corrected chi connectivity index (χ4v) is 0.342. The van der Waals surface area contributed by atoms with E-state index >= 15 is 0 Å². The molecule has 0 aromatic rings. The molecule has 0 radical (unpaired) electrons.